The monoisotopic (exact) mass is 458 g/mol. The number of aromatic nitrogens is 1. The summed E-state index contributed by atoms with van der Waals surface area (Å²) < 4.78 is 1.15. The minimum Gasteiger partial charge on any atom is -0.361 e. The Morgan fingerprint density at radius 1 is 1.06 bits per heavy atom. The lowest BCUT2D eigenvalue weighted by Gasteiger charge is -2.18. The number of benzene rings is 2. The number of nitriles is 1. The Hall–Kier alpha value is -3.63. The van der Waals surface area contributed by atoms with Crippen LogP contribution in [0.3, 0.4) is 0 Å². The standard InChI is InChI=1S/C26H26N4O2S/c27-13-6-14-28-26(32)23(15-19-17-33-24-11-4-2-9-21(19)24)30-25(31)12-5-7-18-16-29-22-10-3-1-8-20(18)22/h1-4,8-11,16-17,23,29H,5-7,12,14-15H2,(H,28,32)(H,30,31). The zero-order valence-electron chi connectivity index (χ0n) is 18.3. The summed E-state index contributed by atoms with van der Waals surface area (Å²) in [7, 11) is 0. The fraction of sp³-hybridized carbons (Fsp3) is 0.269. The van der Waals surface area contributed by atoms with Crippen LogP contribution < -0.4 is 10.6 Å². The number of H-pyrrole nitrogens is 1. The third-order valence-electron chi connectivity index (χ3n) is 5.70. The van der Waals surface area contributed by atoms with Crippen molar-refractivity contribution in [2.75, 3.05) is 6.54 Å². The predicted molar refractivity (Wildman–Crippen MR) is 132 cm³/mol. The maximum atomic E-state index is 12.8. The van der Waals surface area contributed by atoms with Gasteiger partial charge in [0.15, 0.2) is 0 Å². The lowest BCUT2D eigenvalue weighted by Crippen LogP contribution is -2.48. The summed E-state index contributed by atoms with van der Waals surface area (Å²) in [5, 5.41) is 18.8. The number of amides is 2. The molecule has 2 aromatic heterocycles. The molecule has 1 unspecified atom stereocenters. The largest absolute Gasteiger partial charge is 0.361 e. The number of para-hydroxylation sites is 1. The van der Waals surface area contributed by atoms with Crippen molar-refractivity contribution in [3.8, 4) is 6.07 Å². The summed E-state index contributed by atoms with van der Waals surface area (Å²) in [5.74, 6) is -0.402. The van der Waals surface area contributed by atoms with E-state index in [1.165, 1.54) is 10.9 Å². The smallest absolute Gasteiger partial charge is 0.242 e. The molecule has 168 valence electrons. The molecule has 4 rings (SSSR count). The zero-order chi connectivity index (χ0) is 23.0. The van der Waals surface area contributed by atoms with E-state index in [9.17, 15) is 9.59 Å². The second kappa shape index (κ2) is 10.8. The highest BCUT2D eigenvalue weighted by Crippen LogP contribution is 2.26. The Bertz CT molecular complexity index is 1300. The highest BCUT2D eigenvalue weighted by atomic mass is 32.1. The first-order valence-electron chi connectivity index (χ1n) is 11.1. The fourth-order valence-electron chi connectivity index (χ4n) is 4.03. The van der Waals surface area contributed by atoms with Crippen molar-refractivity contribution in [2.45, 2.75) is 38.1 Å². The maximum Gasteiger partial charge on any atom is 0.242 e. The second-order valence-electron chi connectivity index (χ2n) is 7.99. The van der Waals surface area contributed by atoms with Crippen molar-refractivity contribution in [3.63, 3.8) is 0 Å². The van der Waals surface area contributed by atoms with Crippen LogP contribution in [-0.2, 0) is 22.4 Å². The van der Waals surface area contributed by atoms with Crippen molar-refractivity contribution in [1.82, 2.24) is 15.6 Å². The number of hydrogen-bond donors (Lipinski definition) is 3. The Balaban J connectivity index is 1.38. The zero-order valence-corrected chi connectivity index (χ0v) is 19.1. The van der Waals surface area contributed by atoms with Crippen LogP contribution in [0.15, 0.2) is 60.1 Å². The van der Waals surface area contributed by atoms with Crippen molar-refractivity contribution >= 4 is 44.1 Å². The highest BCUT2D eigenvalue weighted by Gasteiger charge is 2.22. The second-order valence-corrected chi connectivity index (χ2v) is 8.90. The first-order chi connectivity index (χ1) is 16.2. The number of aryl methyl sites for hydroxylation is 1. The van der Waals surface area contributed by atoms with Gasteiger partial charge in [0.25, 0.3) is 0 Å². The van der Waals surface area contributed by atoms with Crippen LogP contribution in [0.4, 0.5) is 0 Å². The molecule has 0 saturated carbocycles. The Labute approximate surface area is 196 Å². The Morgan fingerprint density at radius 2 is 1.85 bits per heavy atom. The summed E-state index contributed by atoms with van der Waals surface area (Å²) in [6, 6.07) is 17.5. The number of nitrogens with one attached hydrogen (secondary N) is 3. The van der Waals surface area contributed by atoms with Gasteiger partial charge in [0, 0.05) is 41.2 Å². The van der Waals surface area contributed by atoms with E-state index in [0.29, 0.717) is 19.3 Å². The van der Waals surface area contributed by atoms with Gasteiger partial charge in [-0.1, -0.05) is 36.4 Å². The SMILES string of the molecule is N#CCCNC(=O)C(Cc1csc2ccccc12)NC(=O)CCCc1c[nH]c2ccccc12. The topological polar surface area (TPSA) is 97.8 Å². The van der Waals surface area contributed by atoms with E-state index in [1.807, 2.05) is 54.0 Å². The van der Waals surface area contributed by atoms with E-state index in [2.05, 4.69) is 27.8 Å². The number of nitrogens with zero attached hydrogens (tertiary/aromatic N) is 1. The molecule has 6 nitrogen and oxygen atoms in total. The summed E-state index contributed by atoms with van der Waals surface area (Å²) in [5.41, 5.74) is 3.32. The molecule has 0 radical (unpaired) electrons. The lowest BCUT2D eigenvalue weighted by molar-refractivity contribution is -0.129. The number of rotatable bonds is 10. The molecule has 1 atom stereocenters. The molecule has 2 aromatic carbocycles. The van der Waals surface area contributed by atoms with Crippen LogP contribution in [0.1, 0.15) is 30.4 Å². The number of thiophene rings is 1. The van der Waals surface area contributed by atoms with Crippen molar-refractivity contribution in [1.29, 1.82) is 5.26 Å². The van der Waals surface area contributed by atoms with E-state index in [4.69, 9.17) is 5.26 Å². The normalized spacial score (nSPS) is 11.8. The maximum absolute atomic E-state index is 12.8. The summed E-state index contributed by atoms with van der Waals surface area (Å²) in [6.07, 6.45) is 4.46. The Kier molecular flexibility index (Phi) is 7.38. The van der Waals surface area contributed by atoms with Crippen LogP contribution in [0, 0.1) is 11.3 Å². The molecule has 0 aliphatic carbocycles. The molecule has 0 aliphatic rings. The first kappa shape index (κ1) is 22.6. The van der Waals surface area contributed by atoms with Crippen molar-refractivity contribution < 1.29 is 9.59 Å². The average molecular weight is 459 g/mol. The quantitative estimate of drug-likeness (QED) is 0.306. The molecule has 3 N–H and O–H groups in total. The minimum absolute atomic E-state index is 0.144. The van der Waals surface area contributed by atoms with E-state index in [1.54, 1.807) is 11.3 Å². The van der Waals surface area contributed by atoms with Gasteiger partial charge in [-0.15, -0.1) is 11.3 Å². The molecule has 0 aliphatic heterocycles. The van der Waals surface area contributed by atoms with Crippen LogP contribution in [0.2, 0.25) is 0 Å². The van der Waals surface area contributed by atoms with E-state index >= 15 is 0 Å². The third kappa shape index (κ3) is 5.60. The van der Waals surface area contributed by atoms with Crippen LogP contribution >= 0.6 is 11.3 Å². The predicted octanol–water partition coefficient (Wildman–Crippen LogP) is 4.46. The van der Waals surface area contributed by atoms with Gasteiger partial charge in [0.1, 0.15) is 6.04 Å². The first-order valence-corrected chi connectivity index (χ1v) is 12.0. The van der Waals surface area contributed by atoms with E-state index in [-0.39, 0.29) is 24.8 Å². The van der Waals surface area contributed by atoms with Crippen LogP contribution in [-0.4, -0.2) is 29.4 Å². The van der Waals surface area contributed by atoms with Gasteiger partial charge in [0.05, 0.1) is 12.5 Å². The molecule has 2 amide bonds. The van der Waals surface area contributed by atoms with Gasteiger partial charge in [-0.2, -0.15) is 5.26 Å². The molecule has 2 heterocycles. The molecular formula is C26H26N4O2S. The van der Waals surface area contributed by atoms with E-state index in [0.717, 1.165) is 27.6 Å². The number of fused-ring (bicyclic) bond motifs is 2. The van der Waals surface area contributed by atoms with Crippen molar-refractivity contribution in [3.05, 3.63) is 71.2 Å². The molecule has 7 heteroatoms. The molecule has 4 aromatic rings. The third-order valence-corrected chi connectivity index (χ3v) is 6.71. The van der Waals surface area contributed by atoms with Gasteiger partial charge in [-0.3, -0.25) is 9.59 Å². The van der Waals surface area contributed by atoms with Gasteiger partial charge in [-0.05, 0) is 46.9 Å². The molecule has 0 fully saturated rings. The van der Waals surface area contributed by atoms with Crippen LogP contribution in [0.25, 0.3) is 21.0 Å². The lowest BCUT2D eigenvalue weighted by atomic mass is 10.0. The van der Waals surface area contributed by atoms with E-state index < -0.39 is 6.04 Å². The van der Waals surface area contributed by atoms with Gasteiger partial charge < -0.3 is 15.6 Å². The molecule has 33 heavy (non-hydrogen) atoms. The highest BCUT2D eigenvalue weighted by molar-refractivity contribution is 7.17. The number of carbonyl (C=O) groups is 2. The van der Waals surface area contributed by atoms with Crippen molar-refractivity contribution in [2.24, 2.45) is 0 Å². The summed E-state index contributed by atoms with van der Waals surface area (Å²) in [6.45, 7) is 0.270. The Morgan fingerprint density at radius 3 is 2.70 bits per heavy atom. The molecule has 0 bridgehead atoms. The number of carbonyl (C=O) groups excluding carboxylic acids is 2. The molecule has 0 saturated heterocycles. The number of hydrogen-bond acceptors (Lipinski definition) is 4. The number of aromatic amines is 1. The van der Waals surface area contributed by atoms with Gasteiger partial charge in [0.2, 0.25) is 11.8 Å². The summed E-state index contributed by atoms with van der Waals surface area (Å²) in [4.78, 5) is 28.8. The minimum atomic E-state index is -0.678. The molecule has 0 spiro atoms. The van der Waals surface area contributed by atoms with Gasteiger partial charge in [-0.25, -0.2) is 0 Å². The fourth-order valence-corrected chi connectivity index (χ4v) is 5.00. The average Bonchev–Trinajstić information content (AvgIpc) is 3.43. The molecular weight excluding hydrogens is 432 g/mol. The van der Waals surface area contributed by atoms with Gasteiger partial charge >= 0.3 is 0 Å². The summed E-state index contributed by atoms with van der Waals surface area (Å²) >= 11 is 1.63. The van der Waals surface area contributed by atoms with Crippen LogP contribution in [0.5, 0.6) is 0 Å².